The van der Waals surface area contributed by atoms with Crippen molar-refractivity contribution in [1.29, 1.82) is 0 Å². The first-order chi connectivity index (χ1) is 3.93. The molecule has 0 aliphatic heterocycles. The predicted molar refractivity (Wildman–Crippen MR) is 33.2 cm³/mol. The first-order valence-electron chi connectivity index (χ1n) is 2.78. The summed E-state index contributed by atoms with van der Waals surface area (Å²) >= 11 is 0. The first-order valence-corrected chi connectivity index (χ1v) is 2.78. The number of rotatable bonds is 2. The molecule has 0 atom stereocenters. The molecular formula is C7H9O-. The molecule has 1 heteroatoms. The molecule has 0 aliphatic carbocycles. The molecule has 44 valence electrons. The van der Waals surface area contributed by atoms with Gasteiger partial charge in [0, 0.05) is 0 Å². The van der Waals surface area contributed by atoms with Crippen molar-refractivity contribution in [2.45, 2.75) is 6.92 Å². The van der Waals surface area contributed by atoms with Crippen LogP contribution in [0.2, 0.25) is 0 Å². The van der Waals surface area contributed by atoms with Crippen molar-refractivity contribution in [1.82, 2.24) is 0 Å². The first kappa shape index (κ1) is 5.29. The summed E-state index contributed by atoms with van der Waals surface area (Å²) in [5, 5.41) is 0. The average Bonchev–Trinajstić information content (AvgIpc) is 2.19. The van der Waals surface area contributed by atoms with Crippen LogP contribution in [0.4, 0.5) is 0 Å². The summed E-state index contributed by atoms with van der Waals surface area (Å²) in [4.78, 5) is 0. The number of hydrogen-bond acceptors (Lipinski definition) is 1. The van der Waals surface area contributed by atoms with E-state index in [-0.39, 0.29) is 0 Å². The minimum absolute atomic E-state index is 0.754. The second kappa shape index (κ2) is 2.46. The van der Waals surface area contributed by atoms with Crippen molar-refractivity contribution in [3.05, 3.63) is 24.3 Å². The summed E-state index contributed by atoms with van der Waals surface area (Å²) in [6.45, 7) is 2.73. The zero-order chi connectivity index (χ0) is 5.82. The maximum absolute atomic E-state index is 5.15. The summed E-state index contributed by atoms with van der Waals surface area (Å²) < 4.78 is 5.15. The molecule has 0 fully saturated rings. The molecular weight excluding hydrogens is 100 g/mol. The Balaban J connectivity index is 2.50. The molecule has 0 heterocycles. The molecule has 1 rings (SSSR count). The third kappa shape index (κ3) is 1.06. The van der Waals surface area contributed by atoms with Crippen LogP contribution < -0.4 is 4.74 Å². The van der Waals surface area contributed by atoms with Crippen LogP contribution in [0.5, 0.6) is 5.75 Å². The molecule has 0 radical (unpaired) electrons. The van der Waals surface area contributed by atoms with Crippen molar-refractivity contribution >= 4 is 0 Å². The van der Waals surface area contributed by atoms with Gasteiger partial charge in [0.05, 0.1) is 6.61 Å². The molecule has 0 N–H and O–H groups in total. The van der Waals surface area contributed by atoms with Gasteiger partial charge < -0.3 is 4.74 Å². The Hall–Kier alpha value is -0.850. The Kier molecular flexibility index (Phi) is 1.62. The molecule has 0 saturated heterocycles. The van der Waals surface area contributed by atoms with Gasteiger partial charge in [0.15, 0.2) is 0 Å². The van der Waals surface area contributed by atoms with Crippen molar-refractivity contribution < 1.29 is 4.74 Å². The quantitative estimate of drug-likeness (QED) is 0.526. The normalized spacial score (nSPS) is 9.12. The summed E-state index contributed by atoms with van der Waals surface area (Å²) in [7, 11) is 0. The van der Waals surface area contributed by atoms with E-state index in [1.807, 2.05) is 31.2 Å². The van der Waals surface area contributed by atoms with Gasteiger partial charge in [-0.05, 0) is 12.7 Å². The van der Waals surface area contributed by atoms with Crippen molar-refractivity contribution in [2.24, 2.45) is 0 Å². The molecule has 0 amide bonds. The van der Waals surface area contributed by atoms with Crippen LogP contribution in [-0.2, 0) is 0 Å². The van der Waals surface area contributed by atoms with E-state index in [0.29, 0.717) is 0 Å². The van der Waals surface area contributed by atoms with E-state index < -0.39 is 0 Å². The van der Waals surface area contributed by atoms with E-state index in [2.05, 4.69) is 0 Å². The van der Waals surface area contributed by atoms with Gasteiger partial charge in [0.25, 0.3) is 0 Å². The fraction of sp³-hybridized carbons (Fsp3) is 0.286. The number of ether oxygens (including phenoxy) is 1. The molecule has 0 bridgehead atoms. The summed E-state index contributed by atoms with van der Waals surface area (Å²) in [5.41, 5.74) is 0. The fourth-order valence-corrected chi connectivity index (χ4v) is 0.619. The highest BCUT2D eigenvalue weighted by Gasteiger charge is 1.74. The van der Waals surface area contributed by atoms with Gasteiger partial charge in [-0.15, -0.1) is 6.07 Å². The van der Waals surface area contributed by atoms with Crippen LogP contribution in [0.15, 0.2) is 24.3 Å². The summed E-state index contributed by atoms with van der Waals surface area (Å²) in [6, 6.07) is 7.82. The Bertz CT molecular complexity index is 130. The topological polar surface area (TPSA) is 9.23 Å². The van der Waals surface area contributed by atoms with E-state index >= 15 is 0 Å². The average molecular weight is 109 g/mol. The number of hydrogen-bond donors (Lipinski definition) is 0. The zero-order valence-corrected chi connectivity index (χ0v) is 4.92. The highest BCUT2D eigenvalue weighted by atomic mass is 16.5. The third-order valence-corrected chi connectivity index (χ3v) is 0.943. The minimum atomic E-state index is 0.754. The second-order valence-electron chi connectivity index (χ2n) is 1.55. The monoisotopic (exact) mass is 109 g/mol. The van der Waals surface area contributed by atoms with Gasteiger partial charge >= 0.3 is 0 Å². The lowest BCUT2D eigenvalue weighted by Gasteiger charge is -2.03. The predicted octanol–water partition coefficient (Wildman–Crippen LogP) is 1.80. The molecule has 0 spiro atoms. The Morgan fingerprint density at radius 3 is 3.12 bits per heavy atom. The third-order valence-electron chi connectivity index (χ3n) is 0.943. The SMILES string of the molecule is CCOc1cc[cH-]c1. The van der Waals surface area contributed by atoms with Gasteiger partial charge in [-0.3, -0.25) is 0 Å². The van der Waals surface area contributed by atoms with Crippen molar-refractivity contribution in [3.8, 4) is 5.75 Å². The van der Waals surface area contributed by atoms with E-state index in [1.165, 1.54) is 0 Å². The van der Waals surface area contributed by atoms with E-state index in [4.69, 9.17) is 4.74 Å². The van der Waals surface area contributed by atoms with Crippen LogP contribution >= 0.6 is 0 Å². The molecule has 0 aromatic heterocycles. The van der Waals surface area contributed by atoms with Crippen LogP contribution in [0, 0.1) is 0 Å². The van der Waals surface area contributed by atoms with Gasteiger partial charge in [-0.25, -0.2) is 0 Å². The standard InChI is InChI=1S/C7H9O/c1-2-8-7-5-3-4-6-7/h3-6H,2H2,1H3/q-1. The zero-order valence-electron chi connectivity index (χ0n) is 4.92. The van der Waals surface area contributed by atoms with Gasteiger partial charge in [-0.1, -0.05) is 0 Å². The largest absolute Gasteiger partial charge is 0.563 e. The van der Waals surface area contributed by atoms with Gasteiger partial charge in [0.2, 0.25) is 0 Å². The molecule has 0 aliphatic rings. The maximum atomic E-state index is 5.15. The Labute approximate surface area is 49.3 Å². The van der Waals surface area contributed by atoms with Crippen LogP contribution in [0.25, 0.3) is 0 Å². The van der Waals surface area contributed by atoms with Gasteiger partial charge in [0.1, 0.15) is 0 Å². The highest BCUT2D eigenvalue weighted by molar-refractivity contribution is 5.22. The molecule has 1 nitrogen and oxygen atoms in total. The Morgan fingerprint density at radius 1 is 1.75 bits per heavy atom. The molecule has 0 unspecified atom stereocenters. The van der Waals surface area contributed by atoms with Crippen LogP contribution in [-0.4, -0.2) is 6.61 Å². The van der Waals surface area contributed by atoms with E-state index in [0.717, 1.165) is 12.4 Å². The fourth-order valence-electron chi connectivity index (χ4n) is 0.619. The van der Waals surface area contributed by atoms with Crippen LogP contribution in [0.1, 0.15) is 6.92 Å². The minimum Gasteiger partial charge on any atom is -0.563 e. The maximum Gasteiger partial charge on any atom is 0.0671 e. The highest BCUT2D eigenvalue weighted by Crippen LogP contribution is 2.08. The smallest absolute Gasteiger partial charge is 0.0671 e. The van der Waals surface area contributed by atoms with E-state index in [9.17, 15) is 0 Å². The lowest BCUT2D eigenvalue weighted by molar-refractivity contribution is 0.341. The van der Waals surface area contributed by atoms with Gasteiger partial charge in [-0.2, -0.15) is 18.2 Å². The second-order valence-corrected chi connectivity index (χ2v) is 1.55. The Morgan fingerprint density at radius 2 is 2.62 bits per heavy atom. The molecule has 8 heavy (non-hydrogen) atoms. The molecule has 0 saturated carbocycles. The molecule has 1 aromatic carbocycles. The van der Waals surface area contributed by atoms with Crippen molar-refractivity contribution in [3.63, 3.8) is 0 Å². The van der Waals surface area contributed by atoms with Crippen LogP contribution in [0.3, 0.4) is 0 Å². The summed E-state index contributed by atoms with van der Waals surface area (Å²) in [5.74, 6) is 0.965. The van der Waals surface area contributed by atoms with E-state index in [1.54, 1.807) is 0 Å². The van der Waals surface area contributed by atoms with Crippen molar-refractivity contribution in [2.75, 3.05) is 6.61 Å². The molecule has 1 aromatic rings. The lowest BCUT2D eigenvalue weighted by Crippen LogP contribution is -1.87. The summed E-state index contributed by atoms with van der Waals surface area (Å²) in [6.07, 6.45) is 0. The lowest BCUT2D eigenvalue weighted by atomic mass is 10.6.